The predicted molar refractivity (Wildman–Crippen MR) is 130 cm³/mol. The molecule has 4 nitrogen and oxygen atoms in total. The largest absolute Gasteiger partial charge is 0.612 e. The van der Waals surface area contributed by atoms with Crippen LogP contribution in [0, 0.1) is 0 Å². The van der Waals surface area contributed by atoms with E-state index in [0.29, 0.717) is 0 Å². The number of nitrogens with zero attached hydrogens (tertiary/aromatic N) is 2. The molecule has 0 aliphatic heterocycles. The van der Waals surface area contributed by atoms with Gasteiger partial charge >= 0.3 is 0 Å². The molecule has 6 aromatic rings. The normalized spacial score (nSPS) is 12.7. The Balaban J connectivity index is 1.63. The van der Waals surface area contributed by atoms with Gasteiger partial charge in [-0.2, -0.15) is 0 Å². The minimum absolute atomic E-state index is 0.794. The zero-order valence-corrected chi connectivity index (χ0v) is 17.7. The van der Waals surface area contributed by atoms with E-state index in [2.05, 4.69) is 70.4 Å². The zero-order chi connectivity index (χ0) is 20.9. The van der Waals surface area contributed by atoms with Gasteiger partial charge in [-0.3, -0.25) is 4.40 Å². The van der Waals surface area contributed by atoms with Gasteiger partial charge in [0.25, 0.3) is 0 Å². The van der Waals surface area contributed by atoms with Gasteiger partial charge in [0.05, 0.1) is 22.2 Å². The Hall–Kier alpha value is -3.54. The van der Waals surface area contributed by atoms with Crippen molar-refractivity contribution in [1.29, 1.82) is 0 Å². The second-order valence-corrected chi connectivity index (χ2v) is 8.96. The molecule has 6 rings (SSSR count). The van der Waals surface area contributed by atoms with E-state index < -0.39 is 11.2 Å². The fourth-order valence-corrected chi connectivity index (χ4v) is 5.06. The van der Waals surface area contributed by atoms with Crippen LogP contribution in [-0.2, 0) is 11.2 Å². The molecular weight excluding hydrogens is 402 g/mol. The Kier molecular flexibility index (Phi) is 4.13. The van der Waals surface area contributed by atoms with Gasteiger partial charge in [-0.05, 0) is 65.1 Å². The van der Waals surface area contributed by atoms with Crippen molar-refractivity contribution in [2.45, 2.75) is 4.90 Å². The topological polar surface area (TPSA) is 52.4 Å². The molecule has 1 N–H and O–H groups in total. The Morgan fingerprint density at radius 1 is 0.774 bits per heavy atom. The number of benzene rings is 4. The highest BCUT2D eigenvalue weighted by molar-refractivity contribution is 7.90. The third-order valence-corrected chi connectivity index (χ3v) is 6.71. The molecule has 0 spiro atoms. The third kappa shape index (κ3) is 2.86. The lowest BCUT2D eigenvalue weighted by molar-refractivity contribution is 0.601. The average molecular weight is 422 g/mol. The molecule has 0 fully saturated rings. The minimum Gasteiger partial charge on any atom is -0.612 e. The van der Waals surface area contributed by atoms with Crippen LogP contribution < -0.4 is 5.32 Å². The molecule has 2 aromatic heterocycles. The van der Waals surface area contributed by atoms with Crippen LogP contribution in [0.5, 0.6) is 0 Å². The molecule has 150 valence electrons. The summed E-state index contributed by atoms with van der Waals surface area (Å²) < 4.78 is 14.4. The van der Waals surface area contributed by atoms with Gasteiger partial charge in [-0.25, -0.2) is 4.98 Å². The highest BCUT2D eigenvalue weighted by atomic mass is 32.2. The second kappa shape index (κ2) is 7.01. The summed E-state index contributed by atoms with van der Waals surface area (Å²) in [6, 6.07) is 30.8. The maximum Gasteiger partial charge on any atom is 0.175 e. The number of para-hydroxylation sites is 4. The number of aromatic nitrogens is 2. The average Bonchev–Trinajstić information content (AvgIpc) is 3.19. The Morgan fingerprint density at radius 2 is 1.52 bits per heavy atom. The maximum absolute atomic E-state index is 12.1. The van der Waals surface area contributed by atoms with Gasteiger partial charge in [0.1, 0.15) is 11.9 Å². The molecule has 0 amide bonds. The quantitative estimate of drug-likeness (QED) is 0.270. The predicted octanol–water partition coefficient (Wildman–Crippen LogP) is 6.27. The summed E-state index contributed by atoms with van der Waals surface area (Å²) in [7, 11) is 0. The molecule has 5 heteroatoms. The summed E-state index contributed by atoms with van der Waals surface area (Å²) in [5.74, 6) is 0. The Bertz CT molecular complexity index is 1600. The van der Waals surface area contributed by atoms with E-state index in [-0.39, 0.29) is 0 Å². The van der Waals surface area contributed by atoms with E-state index in [1.165, 1.54) is 5.39 Å². The Morgan fingerprint density at radius 3 is 2.39 bits per heavy atom. The van der Waals surface area contributed by atoms with Crippen molar-refractivity contribution >= 4 is 60.9 Å². The van der Waals surface area contributed by atoms with E-state index in [1.54, 1.807) is 6.26 Å². The highest BCUT2D eigenvalue weighted by Crippen LogP contribution is 2.34. The lowest BCUT2D eigenvalue weighted by Gasteiger charge is -2.14. The maximum atomic E-state index is 12.1. The highest BCUT2D eigenvalue weighted by Gasteiger charge is 2.15. The summed E-state index contributed by atoms with van der Waals surface area (Å²) in [5, 5.41) is 6.88. The van der Waals surface area contributed by atoms with E-state index in [9.17, 15) is 4.55 Å². The van der Waals surface area contributed by atoms with Crippen molar-refractivity contribution in [1.82, 2.24) is 9.38 Å². The van der Waals surface area contributed by atoms with Gasteiger partial charge < -0.3 is 9.87 Å². The first-order chi connectivity index (χ1) is 15.2. The van der Waals surface area contributed by atoms with Crippen LogP contribution in [0.2, 0.25) is 0 Å². The Labute approximate surface area is 182 Å². The van der Waals surface area contributed by atoms with E-state index in [0.717, 1.165) is 49.2 Å². The van der Waals surface area contributed by atoms with Crippen molar-refractivity contribution in [3.8, 4) is 0 Å². The van der Waals surface area contributed by atoms with Crippen molar-refractivity contribution < 1.29 is 4.55 Å². The molecule has 1 unspecified atom stereocenters. The number of fused-ring (bicyclic) bond motifs is 8. The van der Waals surface area contributed by atoms with Crippen LogP contribution in [0.25, 0.3) is 38.4 Å². The SMILES string of the molecule is C[S+]([O-])c1ccccc1Nc1ccc2c(c1)c1ccccc1n1c3ccccc3nc21. The molecule has 0 bridgehead atoms. The summed E-state index contributed by atoms with van der Waals surface area (Å²) in [4.78, 5) is 5.74. The summed E-state index contributed by atoms with van der Waals surface area (Å²) >= 11 is -1.07. The number of anilines is 2. The molecule has 1 atom stereocenters. The van der Waals surface area contributed by atoms with Crippen molar-refractivity contribution in [3.05, 3.63) is 91.0 Å². The summed E-state index contributed by atoms with van der Waals surface area (Å²) in [6.07, 6.45) is 1.70. The summed E-state index contributed by atoms with van der Waals surface area (Å²) in [5.41, 5.74) is 6.00. The molecule has 2 heterocycles. The number of pyridine rings is 1. The van der Waals surface area contributed by atoms with Crippen LogP contribution in [0.3, 0.4) is 0 Å². The van der Waals surface area contributed by atoms with Gasteiger partial charge in [-0.15, -0.1) is 0 Å². The van der Waals surface area contributed by atoms with Crippen LogP contribution in [0.1, 0.15) is 0 Å². The zero-order valence-electron chi connectivity index (χ0n) is 16.9. The second-order valence-electron chi connectivity index (χ2n) is 7.61. The molecule has 0 saturated heterocycles. The molecule has 0 radical (unpaired) electrons. The lowest BCUT2D eigenvalue weighted by atomic mass is 10.0. The van der Waals surface area contributed by atoms with Gasteiger partial charge in [0.15, 0.2) is 4.90 Å². The molecule has 4 aromatic carbocycles. The first kappa shape index (κ1) is 18.2. The van der Waals surface area contributed by atoms with Crippen LogP contribution in [0.4, 0.5) is 11.4 Å². The van der Waals surface area contributed by atoms with Gasteiger partial charge in [-0.1, -0.05) is 42.5 Å². The molecule has 0 aliphatic carbocycles. The smallest absolute Gasteiger partial charge is 0.175 e. The van der Waals surface area contributed by atoms with Gasteiger partial charge in [0, 0.05) is 16.5 Å². The number of rotatable bonds is 3. The van der Waals surface area contributed by atoms with Crippen LogP contribution in [-0.4, -0.2) is 20.2 Å². The lowest BCUT2D eigenvalue weighted by Crippen LogP contribution is -2.02. The van der Waals surface area contributed by atoms with E-state index >= 15 is 0 Å². The summed E-state index contributed by atoms with van der Waals surface area (Å²) in [6.45, 7) is 0. The standard InChI is InChI=1S/C26H19N3OS/c1-31(30)25-13-7-4-10-22(25)27-17-14-15-19-20(16-17)18-8-2-5-11-23(18)29-24-12-6-3-9-21(24)28-26(19)29/h2-16,27H,1H3. The molecular formula is C26H19N3OS. The van der Waals surface area contributed by atoms with E-state index in [4.69, 9.17) is 4.98 Å². The molecule has 31 heavy (non-hydrogen) atoms. The number of hydrogen-bond acceptors (Lipinski definition) is 3. The fourth-order valence-electron chi connectivity index (χ4n) is 4.36. The number of hydrogen-bond donors (Lipinski definition) is 1. The fraction of sp³-hybridized carbons (Fsp3) is 0.0385. The third-order valence-electron chi connectivity index (χ3n) is 5.73. The van der Waals surface area contributed by atoms with Crippen molar-refractivity contribution in [2.75, 3.05) is 11.6 Å². The first-order valence-electron chi connectivity index (χ1n) is 10.1. The van der Waals surface area contributed by atoms with Crippen molar-refractivity contribution in [3.63, 3.8) is 0 Å². The van der Waals surface area contributed by atoms with Crippen molar-refractivity contribution in [2.24, 2.45) is 0 Å². The van der Waals surface area contributed by atoms with Gasteiger partial charge in [0.2, 0.25) is 0 Å². The van der Waals surface area contributed by atoms with E-state index in [1.807, 2.05) is 30.3 Å². The first-order valence-corrected chi connectivity index (χ1v) is 11.7. The number of imidazole rings is 1. The molecule has 0 saturated carbocycles. The molecule has 0 aliphatic rings. The van der Waals surface area contributed by atoms with Crippen LogP contribution >= 0.6 is 0 Å². The number of nitrogens with one attached hydrogen (secondary N) is 1. The monoisotopic (exact) mass is 421 g/mol. The van der Waals surface area contributed by atoms with Crippen LogP contribution in [0.15, 0.2) is 95.9 Å². The minimum atomic E-state index is -1.07.